The van der Waals surface area contributed by atoms with Crippen LogP contribution in [0.2, 0.25) is 5.02 Å². The molecule has 1 aromatic carbocycles. The van der Waals surface area contributed by atoms with Crippen molar-refractivity contribution in [3.05, 3.63) is 41.1 Å². The van der Waals surface area contributed by atoms with Gasteiger partial charge in [-0.25, -0.2) is 0 Å². The molecule has 2 rings (SSSR count). The smallest absolute Gasteiger partial charge is 0.167 e. The van der Waals surface area contributed by atoms with E-state index in [9.17, 15) is 0 Å². The minimum atomic E-state index is 0.402. The second kappa shape index (κ2) is 4.45. The molecule has 1 heterocycles. The van der Waals surface area contributed by atoms with Crippen LogP contribution in [-0.2, 0) is 6.54 Å². The molecule has 0 amide bonds. The number of benzene rings is 1. The average molecular weight is 238 g/mol. The van der Waals surface area contributed by atoms with E-state index in [1.54, 1.807) is 6.07 Å². The molecule has 4 nitrogen and oxygen atoms in total. The third-order valence-electron chi connectivity index (χ3n) is 2.24. The molecule has 0 aliphatic rings. The van der Waals surface area contributed by atoms with Crippen LogP contribution in [0.15, 0.2) is 34.9 Å². The first kappa shape index (κ1) is 10.8. The predicted octanol–water partition coefficient (Wildman–Crippen LogP) is 2.55. The van der Waals surface area contributed by atoms with Crippen LogP contribution in [0.4, 0.5) is 11.5 Å². The van der Waals surface area contributed by atoms with Gasteiger partial charge in [-0.1, -0.05) is 16.8 Å². The van der Waals surface area contributed by atoms with Crippen molar-refractivity contribution >= 4 is 23.1 Å². The van der Waals surface area contributed by atoms with E-state index in [1.807, 2.05) is 36.2 Å². The Balaban J connectivity index is 2.08. The minimum Gasteiger partial charge on any atom is -0.381 e. The third kappa shape index (κ3) is 2.46. The molecule has 16 heavy (non-hydrogen) atoms. The number of nitrogens with zero attached hydrogens (tertiary/aromatic N) is 2. The van der Waals surface area contributed by atoms with Gasteiger partial charge in [0.15, 0.2) is 11.6 Å². The van der Waals surface area contributed by atoms with Crippen molar-refractivity contribution in [3.8, 4) is 0 Å². The number of nitrogen functional groups attached to an aromatic ring is 1. The fourth-order valence-corrected chi connectivity index (χ4v) is 1.55. The van der Waals surface area contributed by atoms with Gasteiger partial charge >= 0.3 is 0 Å². The van der Waals surface area contributed by atoms with Crippen molar-refractivity contribution in [2.45, 2.75) is 6.54 Å². The molecule has 0 radical (unpaired) electrons. The minimum absolute atomic E-state index is 0.402. The maximum Gasteiger partial charge on any atom is 0.167 e. The highest BCUT2D eigenvalue weighted by Gasteiger charge is 2.06. The van der Waals surface area contributed by atoms with Crippen LogP contribution in [0.1, 0.15) is 5.76 Å². The van der Waals surface area contributed by atoms with Crippen molar-refractivity contribution in [1.29, 1.82) is 0 Å². The number of hydrogen-bond donors (Lipinski definition) is 1. The topological polar surface area (TPSA) is 55.3 Å². The Bertz CT molecular complexity index is 466. The largest absolute Gasteiger partial charge is 0.381 e. The zero-order chi connectivity index (χ0) is 11.5. The van der Waals surface area contributed by atoms with E-state index in [0.29, 0.717) is 12.4 Å². The molecule has 2 N–H and O–H groups in total. The highest BCUT2D eigenvalue weighted by atomic mass is 35.5. The van der Waals surface area contributed by atoms with Crippen LogP contribution < -0.4 is 10.6 Å². The molecule has 1 aromatic heterocycles. The molecule has 0 unspecified atom stereocenters. The van der Waals surface area contributed by atoms with Crippen molar-refractivity contribution < 1.29 is 4.52 Å². The molecular formula is C11H12ClN3O. The summed E-state index contributed by atoms with van der Waals surface area (Å²) in [5.74, 6) is 1.13. The van der Waals surface area contributed by atoms with Crippen LogP contribution in [-0.4, -0.2) is 12.2 Å². The van der Waals surface area contributed by atoms with Crippen LogP contribution in [0.3, 0.4) is 0 Å². The molecule has 5 heteroatoms. The fraction of sp³-hybridized carbons (Fsp3) is 0.182. The quantitative estimate of drug-likeness (QED) is 0.891. The molecule has 0 atom stereocenters. The van der Waals surface area contributed by atoms with E-state index in [4.69, 9.17) is 21.9 Å². The van der Waals surface area contributed by atoms with Gasteiger partial charge in [0.25, 0.3) is 0 Å². The first-order valence-corrected chi connectivity index (χ1v) is 5.21. The maximum absolute atomic E-state index is 5.82. The SMILES string of the molecule is CN(Cc1cc(N)no1)c1ccc(Cl)cc1. The number of anilines is 2. The molecular weight excluding hydrogens is 226 g/mol. The van der Waals surface area contributed by atoms with E-state index >= 15 is 0 Å². The average Bonchev–Trinajstić information content (AvgIpc) is 2.65. The predicted molar refractivity (Wildman–Crippen MR) is 64.5 cm³/mol. The summed E-state index contributed by atoms with van der Waals surface area (Å²) in [5.41, 5.74) is 6.53. The van der Waals surface area contributed by atoms with Gasteiger partial charge in [-0.15, -0.1) is 0 Å². The van der Waals surface area contributed by atoms with Crippen molar-refractivity contribution in [1.82, 2.24) is 5.16 Å². The third-order valence-corrected chi connectivity index (χ3v) is 2.49. The summed E-state index contributed by atoms with van der Waals surface area (Å²) in [6.07, 6.45) is 0. The summed E-state index contributed by atoms with van der Waals surface area (Å²) >= 11 is 5.82. The molecule has 0 saturated heterocycles. The molecule has 0 spiro atoms. The molecule has 2 aromatic rings. The maximum atomic E-state index is 5.82. The Morgan fingerprint density at radius 2 is 2.06 bits per heavy atom. The number of aromatic nitrogens is 1. The fourth-order valence-electron chi connectivity index (χ4n) is 1.42. The van der Waals surface area contributed by atoms with Gasteiger partial charge in [0, 0.05) is 23.8 Å². The Hall–Kier alpha value is -1.68. The molecule has 0 fully saturated rings. The van der Waals surface area contributed by atoms with Gasteiger partial charge in [0.1, 0.15) is 0 Å². The van der Waals surface area contributed by atoms with Crippen LogP contribution in [0.5, 0.6) is 0 Å². The van der Waals surface area contributed by atoms with Gasteiger partial charge < -0.3 is 15.2 Å². The number of halogens is 1. The van der Waals surface area contributed by atoms with E-state index in [-0.39, 0.29) is 0 Å². The standard InChI is InChI=1S/C11H12ClN3O/c1-15(7-10-6-11(13)14-16-10)9-4-2-8(12)3-5-9/h2-6H,7H2,1H3,(H2,13,14). The van der Waals surface area contributed by atoms with Crippen LogP contribution in [0, 0.1) is 0 Å². The summed E-state index contributed by atoms with van der Waals surface area (Å²) in [7, 11) is 1.96. The lowest BCUT2D eigenvalue weighted by Gasteiger charge is -2.17. The van der Waals surface area contributed by atoms with Crippen molar-refractivity contribution in [2.24, 2.45) is 0 Å². The van der Waals surface area contributed by atoms with Crippen molar-refractivity contribution in [3.63, 3.8) is 0 Å². The van der Waals surface area contributed by atoms with Gasteiger partial charge in [-0.2, -0.15) is 0 Å². The number of rotatable bonds is 3. The first-order chi connectivity index (χ1) is 7.65. The summed E-state index contributed by atoms with van der Waals surface area (Å²) in [5, 5.41) is 4.36. The monoisotopic (exact) mass is 237 g/mol. The summed E-state index contributed by atoms with van der Waals surface area (Å²) < 4.78 is 5.04. The molecule has 84 valence electrons. The second-order valence-corrected chi connectivity index (χ2v) is 3.99. The Morgan fingerprint density at radius 1 is 1.38 bits per heavy atom. The lowest BCUT2D eigenvalue weighted by Crippen LogP contribution is -2.15. The Morgan fingerprint density at radius 3 is 2.62 bits per heavy atom. The highest BCUT2D eigenvalue weighted by molar-refractivity contribution is 6.30. The molecule has 0 saturated carbocycles. The van der Waals surface area contributed by atoms with Gasteiger partial charge in [0.2, 0.25) is 0 Å². The van der Waals surface area contributed by atoms with Crippen molar-refractivity contribution in [2.75, 3.05) is 17.7 Å². The van der Waals surface area contributed by atoms with E-state index in [1.165, 1.54) is 0 Å². The zero-order valence-corrected chi connectivity index (χ0v) is 9.61. The van der Waals surface area contributed by atoms with E-state index in [0.717, 1.165) is 16.5 Å². The first-order valence-electron chi connectivity index (χ1n) is 4.83. The molecule has 0 bridgehead atoms. The second-order valence-electron chi connectivity index (χ2n) is 3.55. The van der Waals surface area contributed by atoms with Gasteiger partial charge in [0.05, 0.1) is 6.54 Å². The van der Waals surface area contributed by atoms with E-state index in [2.05, 4.69) is 5.16 Å². The summed E-state index contributed by atoms with van der Waals surface area (Å²) in [6.45, 7) is 0.617. The Labute approximate surface area is 98.6 Å². The van der Waals surface area contributed by atoms with E-state index < -0.39 is 0 Å². The van der Waals surface area contributed by atoms with Crippen LogP contribution in [0.25, 0.3) is 0 Å². The van der Waals surface area contributed by atoms with Gasteiger partial charge in [-0.3, -0.25) is 0 Å². The highest BCUT2D eigenvalue weighted by Crippen LogP contribution is 2.19. The summed E-state index contributed by atoms with van der Waals surface area (Å²) in [4.78, 5) is 2.02. The zero-order valence-electron chi connectivity index (χ0n) is 8.85. The molecule has 0 aliphatic heterocycles. The number of hydrogen-bond acceptors (Lipinski definition) is 4. The Kier molecular flexibility index (Phi) is 3.01. The number of nitrogens with two attached hydrogens (primary N) is 1. The van der Waals surface area contributed by atoms with Gasteiger partial charge in [-0.05, 0) is 24.3 Å². The normalized spacial score (nSPS) is 10.4. The lowest BCUT2D eigenvalue weighted by atomic mass is 10.3. The summed E-state index contributed by atoms with van der Waals surface area (Å²) in [6, 6.07) is 9.31. The lowest BCUT2D eigenvalue weighted by molar-refractivity contribution is 0.385. The molecule has 0 aliphatic carbocycles. The van der Waals surface area contributed by atoms with Crippen LogP contribution >= 0.6 is 11.6 Å².